The molecule has 2 rings (SSSR count). The number of hydrogen-bond donors (Lipinski definition) is 1. The van der Waals surface area contributed by atoms with Crippen LogP contribution in [-0.4, -0.2) is 32.7 Å². The molecule has 0 spiro atoms. The number of nitrogens with one attached hydrogen (secondary N) is 1. The van der Waals surface area contributed by atoms with E-state index >= 15 is 0 Å². The molecule has 0 saturated heterocycles. The molecule has 0 unspecified atom stereocenters. The highest BCUT2D eigenvalue weighted by atomic mass is 35.5. The molecule has 0 saturated carbocycles. The molecule has 1 N–H and O–H groups in total. The normalized spacial score (nSPS) is 11.5. The first kappa shape index (κ1) is 19.4. The van der Waals surface area contributed by atoms with E-state index < -0.39 is 10.0 Å². The molecule has 25 heavy (non-hydrogen) atoms. The van der Waals surface area contributed by atoms with Gasteiger partial charge in [-0.25, -0.2) is 12.7 Å². The van der Waals surface area contributed by atoms with Gasteiger partial charge in [0.15, 0.2) is 0 Å². The van der Waals surface area contributed by atoms with Crippen molar-refractivity contribution < 1.29 is 13.2 Å². The van der Waals surface area contributed by atoms with Crippen molar-refractivity contribution in [3.63, 3.8) is 0 Å². The van der Waals surface area contributed by atoms with Crippen molar-refractivity contribution in [2.75, 3.05) is 14.1 Å². The van der Waals surface area contributed by atoms with Crippen molar-refractivity contribution in [1.82, 2.24) is 9.62 Å². The Balaban J connectivity index is 1.87. The first-order chi connectivity index (χ1) is 11.8. The Bertz CT molecular complexity index is 834. The largest absolute Gasteiger partial charge is 0.352 e. The van der Waals surface area contributed by atoms with E-state index in [9.17, 15) is 13.2 Å². The molecule has 134 valence electrons. The van der Waals surface area contributed by atoms with Crippen LogP contribution in [0, 0.1) is 0 Å². The van der Waals surface area contributed by atoms with Gasteiger partial charge in [-0.3, -0.25) is 4.79 Å². The Morgan fingerprint density at radius 2 is 1.72 bits per heavy atom. The summed E-state index contributed by atoms with van der Waals surface area (Å²) in [6.45, 7) is 0.387. The fourth-order valence-corrected chi connectivity index (χ4v) is 3.32. The maximum absolute atomic E-state index is 12.0. The first-order valence-electron chi connectivity index (χ1n) is 7.82. The minimum Gasteiger partial charge on any atom is -0.352 e. The second kappa shape index (κ2) is 8.47. The zero-order valence-electron chi connectivity index (χ0n) is 14.2. The van der Waals surface area contributed by atoms with Crippen molar-refractivity contribution in [1.29, 1.82) is 0 Å². The molecule has 0 bridgehead atoms. The van der Waals surface area contributed by atoms with Gasteiger partial charge in [0.2, 0.25) is 15.9 Å². The number of halogens is 1. The topological polar surface area (TPSA) is 66.5 Å². The van der Waals surface area contributed by atoms with Crippen LogP contribution in [0.4, 0.5) is 0 Å². The van der Waals surface area contributed by atoms with Gasteiger partial charge in [-0.15, -0.1) is 0 Å². The molecule has 7 heteroatoms. The second-order valence-corrected chi connectivity index (χ2v) is 8.36. The zero-order valence-corrected chi connectivity index (χ0v) is 15.8. The number of sulfonamides is 1. The van der Waals surface area contributed by atoms with Crippen LogP contribution in [0.15, 0.2) is 53.4 Å². The molecule has 0 heterocycles. The molecule has 0 aliphatic carbocycles. The molecule has 0 aliphatic heterocycles. The number of benzene rings is 2. The van der Waals surface area contributed by atoms with E-state index in [-0.39, 0.29) is 10.8 Å². The molecule has 5 nitrogen and oxygen atoms in total. The number of amides is 1. The maximum Gasteiger partial charge on any atom is 0.242 e. The lowest BCUT2D eigenvalue weighted by molar-refractivity contribution is -0.121. The summed E-state index contributed by atoms with van der Waals surface area (Å²) < 4.78 is 25.2. The summed E-state index contributed by atoms with van der Waals surface area (Å²) in [7, 11) is -0.441. The number of nitrogens with zero attached hydrogens (tertiary/aromatic N) is 1. The standard InChI is InChI=1S/C18H21ClN2O3S/c1-21(2)25(23,24)16-10-7-14(8-11-16)9-12-18(22)20-13-15-5-3-4-6-17(15)19/h3-8,10-11H,9,12-13H2,1-2H3,(H,20,22). The fraction of sp³-hybridized carbons (Fsp3) is 0.278. The van der Waals surface area contributed by atoms with Crippen molar-refractivity contribution in [3.8, 4) is 0 Å². The van der Waals surface area contributed by atoms with Crippen LogP contribution in [-0.2, 0) is 27.8 Å². The van der Waals surface area contributed by atoms with E-state index in [1.165, 1.54) is 18.4 Å². The van der Waals surface area contributed by atoms with Crippen molar-refractivity contribution in [3.05, 3.63) is 64.7 Å². The number of carbonyl (C=O) groups is 1. The highest BCUT2D eigenvalue weighted by Gasteiger charge is 2.16. The quantitative estimate of drug-likeness (QED) is 0.803. The van der Waals surface area contributed by atoms with Gasteiger partial charge in [-0.1, -0.05) is 41.9 Å². The molecule has 0 fully saturated rings. The lowest BCUT2D eigenvalue weighted by atomic mass is 10.1. The number of aryl methyl sites for hydroxylation is 1. The summed E-state index contributed by atoms with van der Waals surface area (Å²) in [6, 6.07) is 14.0. The van der Waals surface area contributed by atoms with E-state index in [1.807, 2.05) is 18.2 Å². The molecule has 0 aliphatic rings. The summed E-state index contributed by atoms with van der Waals surface area (Å²) in [5, 5.41) is 3.46. The van der Waals surface area contributed by atoms with Gasteiger partial charge in [-0.2, -0.15) is 0 Å². The maximum atomic E-state index is 12.0. The highest BCUT2D eigenvalue weighted by molar-refractivity contribution is 7.89. The molecular formula is C18H21ClN2O3S. The Hall–Kier alpha value is -1.89. The number of rotatable bonds is 7. The van der Waals surface area contributed by atoms with Crippen LogP contribution in [0.3, 0.4) is 0 Å². The summed E-state index contributed by atoms with van der Waals surface area (Å²) in [4.78, 5) is 12.2. The van der Waals surface area contributed by atoms with Crippen LogP contribution in [0.1, 0.15) is 17.5 Å². The van der Waals surface area contributed by atoms with Gasteiger partial charge in [-0.05, 0) is 35.7 Å². The predicted octanol–water partition coefficient (Wildman–Crippen LogP) is 2.84. The third kappa shape index (κ3) is 5.29. The molecule has 2 aromatic carbocycles. The van der Waals surface area contributed by atoms with E-state index in [0.29, 0.717) is 24.4 Å². The zero-order chi connectivity index (χ0) is 18.4. The van der Waals surface area contributed by atoms with Crippen molar-refractivity contribution in [2.24, 2.45) is 0 Å². The third-order valence-corrected chi connectivity index (χ3v) is 5.97. The third-order valence-electron chi connectivity index (χ3n) is 3.78. The van der Waals surface area contributed by atoms with Crippen molar-refractivity contribution in [2.45, 2.75) is 24.3 Å². The van der Waals surface area contributed by atoms with Gasteiger partial charge in [0, 0.05) is 32.1 Å². The van der Waals surface area contributed by atoms with Gasteiger partial charge in [0.05, 0.1) is 4.90 Å². The lowest BCUT2D eigenvalue weighted by Gasteiger charge is -2.11. The highest BCUT2D eigenvalue weighted by Crippen LogP contribution is 2.16. The van der Waals surface area contributed by atoms with E-state index in [4.69, 9.17) is 11.6 Å². The lowest BCUT2D eigenvalue weighted by Crippen LogP contribution is -2.23. The van der Waals surface area contributed by atoms with Crippen LogP contribution in [0.2, 0.25) is 5.02 Å². The monoisotopic (exact) mass is 380 g/mol. The average molecular weight is 381 g/mol. The molecule has 1 amide bonds. The van der Waals surface area contributed by atoms with Gasteiger partial charge >= 0.3 is 0 Å². The molecule has 0 aromatic heterocycles. The smallest absolute Gasteiger partial charge is 0.242 e. The summed E-state index contributed by atoms with van der Waals surface area (Å²) >= 11 is 6.05. The fourth-order valence-electron chi connectivity index (χ4n) is 2.22. The number of carbonyl (C=O) groups excluding carboxylic acids is 1. The van der Waals surface area contributed by atoms with E-state index in [0.717, 1.165) is 11.1 Å². The van der Waals surface area contributed by atoms with E-state index in [2.05, 4.69) is 5.32 Å². The Morgan fingerprint density at radius 3 is 2.32 bits per heavy atom. The van der Waals surface area contributed by atoms with Gasteiger partial charge < -0.3 is 5.32 Å². The Labute approximate surface area is 153 Å². The first-order valence-corrected chi connectivity index (χ1v) is 9.64. The summed E-state index contributed by atoms with van der Waals surface area (Å²) in [5.41, 5.74) is 1.78. The van der Waals surface area contributed by atoms with Crippen LogP contribution >= 0.6 is 11.6 Å². The minimum atomic E-state index is -3.43. The predicted molar refractivity (Wildman–Crippen MR) is 98.9 cm³/mol. The summed E-state index contributed by atoms with van der Waals surface area (Å²) in [5.74, 6) is -0.0788. The van der Waals surface area contributed by atoms with Crippen molar-refractivity contribution >= 4 is 27.5 Å². The molecular weight excluding hydrogens is 360 g/mol. The molecule has 0 atom stereocenters. The summed E-state index contributed by atoms with van der Waals surface area (Å²) in [6.07, 6.45) is 0.862. The average Bonchev–Trinajstić information content (AvgIpc) is 2.59. The molecule has 2 aromatic rings. The number of hydrogen-bond acceptors (Lipinski definition) is 3. The van der Waals surface area contributed by atoms with Gasteiger partial charge in [0.25, 0.3) is 0 Å². The second-order valence-electron chi connectivity index (χ2n) is 5.80. The SMILES string of the molecule is CN(C)S(=O)(=O)c1ccc(CCC(=O)NCc2ccccc2Cl)cc1. The van der Waals surface area contributed by atoms with Gasteiger partial charge in [0.1, 0.15) is 0 Å². The Kier molecular flexibility index (Phi) is 6.58. The van der Waals surface area contributed by atoms with Crippen LogP contribution < -0.4 is 5.32 Å². The Morgan fingerprint density at radius 1 is 1.08 bits per heavy atom. The van der Waals surface area contributed by atoms with E-state index in [1.54, 1.807) is 30.3 Å². The minimum absolute atomic E-state index is 0.0788. The molecule has 0 radical (unpaired) electrons. The van der Waals surface area contributed by atoms with Crippen LogP contribution in [0.25, 0.3) is 0 Å². The van der Waals surface area contributed by atoms with Crippen LogP contribution in [0.5, 0.6) is 0 Å².